The van der Waals surface area contributed by atoms with Crippen molar-refractivity contribution >= 4 is 0 Å². The molecule has 0 unspecified atom stereocenters. The van der Waals surface area contributed by atoms with Gasteiger partial charge in [0.25, 0.3) is 0 Å². The van der Waals surface area contributed by atoms with Gasteiger partial charge in [0.2, 0.25) is 0 Å². The quantitative estimate of drug-likeness (QED) is 0.556. The molecule has 0 saturated heterocycles. The molecule has 0 amide bonds. The van der Waals surface area contributed by atoms with Crippen LogP contribution in [0.5, 0.6) is 0 Å². The largest absolute Gasteiger partial charge is 0.0991 e. The molecule has 1 rings (SSSR count). The average Bonchev–Trinajstić information content (AvgIpc) is 2.23. The zero-order valence-electron chi connectivity index (χ0n) is 10.5. The highest BCUT2D eigenvalue weighted by molar-refractivity contribution is 5.29. The Bertz CT molecular complexity index is 289. The van der Waals surface area contributed by atoms with Gasteiger partial charge in [0.05, 0.1) is 0 Å². The van der Waals surface area contributed by atoms with Crippen LogP contribution in [0.4, 0.5) is 0 Å². The van der Waals surface area contributed by atoms with E-state index >= 15 is 0 Å². The minimum absolute atomic E-state index is 1.02. The van der Waals surface area contributed by atoms with Gasteiger partial charge >= 0.3 is 0 Å². The molecule has 0 saturated carbocycles. The Balaban J connectivity index is 2.52. The Morgan fingerprint density at radius 3 is 2.94 bits per heavy atom. The van der Waals surface area contributed by atoms with Gasteiger partial charge in [-0.2, -0.15) is 0 Å². The van der Waals surface area contributed by atoms with Gasteiger partial charge in [0, 0.05) is 0 Å². The molecule has 88 valence electrons. The van der Waals surface area contributed by atoms with Crippen LogP contribution in [-0.4, -0.2) is 0 Å². The van der Waals surface area contributed by atoms with Crippen LogP contribution in [0.1, 0.15) is 51.9 Å². The minimum Gasteiger partial charge on any atom is -0.0991 e. The predicted molar refractivity (Wildman–Crippen MR) is 73.5 cm³/mol. The molecule has 0 spiro atoms. The fourth-order valence-electron chi connectivity index (χ4n) is 2.10. The second-order valence-corrected chi connectivity index (χ2v) is 4.47. The second kappa shape index (κ2) is 8.15. The maximum Gasteiger partial charge on any atom is -0.0160 e. The average molecular weight is 216 g/mol. The lowest BCUT2D eigenvalue weighted by atomic mass is 9.95. The van der Waals surface area contributed by atoms with Crippen molar-refractivity contribution in [2.45, 2.75) is 51.9 Å². The van der Waals surface area contributed by atoms with Crippen molar-refractivity contribution in [1.29, 1.82) is 0 Å². The van der Waals surface area contributed by atoms with Gasteiger partial charge < -0.3 is 0 Å². The molecule has 0 aromatic rings. The molecule has 0 aromatic heterocycles. The summed E-state index contributed by atoms with van der Waals surface area (Å²) >= 11 is 0. The fraction of sp³-hybridized carbons (Fsp3) is 0.500. The maximum atomic E-state index is 3.67. The van der Waals surface area contributed by atoms with Crippen LogP contribution in [0.3, 0.4) is 0 Å². The fourth-order valence-corrected chi connectivity index (χ4v) is 2.10. The van der Waals surface area contributed by atoms with Crippen LogP contribution in [0, 0.1) is 0 Å². The van der Waals surface area contributed by atoms with E-state index in [1.54, 1.807) is 5.57 Å². The first-order valence-electron chi connectivity index (χ1n) is 6.48. The molecule has 0 heterocycles. The minimum atomic E-state index is 1.02. The summed E-state index contributed by atoms with van der Waals surface area (Å²) in [6.07, 6.45) is 19.9. The van der Waals surface area contributed by atoms with E-state index in [1.165, 1.54) is 44.1 Å². The molecule has 0 aliphatic heterocycles. The molecule has 1 aliphatic carbocycles. The first kappa shape index (κ1) is 13.0. The van der Waals surface area contributed by atoms with Crippen molar-refractivity contribution in [3.8, 4) is 0 Å². The highest BCUT2D eigenvalue weighted by atomic mass is 14.1. The van der Waals surface area contributed by atoms with Crippen molar-refractivity contribution in [3.63, 3.8) is 0 Å². The van der Waals surface area contributed by atoms with E-state index in [4.69, 9.17) is 0 Å². The molecule has 16 heavy (non-hydrogen) atoms. The Labute approximate surface area is 100 Å². The van der Waals surface area contributed by atoms with Crippen molar-refractivity contribution in [2.75, 3.05) is 0 Å². The van der Waals surface area contributed by atoms with E-state index in [1.807, 2.05) is 12.2 Å². The molecule has 0 atom stereocenters. The first-order chi connectivity index (χ1) is 7.84. The van der Waals surface area contributed by atoms with Crippen molar-refractivity contribution < 1.29 is 0 Å². The van der Waals surface area contributed by atoms with Crippen LogP contribution < -0.4 is 0 Å². The molecule has 0 fully saturated rings. The van der Waals surface area contributed by atoms with E-state index in [9.17, 15) is 0 Å². The summed E-state index contributed by atoms with van der Waals surface area (Å²) in [5.74, 6) is 0. The maximum absolute atomic E-state index is 3.67. The van der Waals surface area contributed by atoms with E-state index < -0.39 is 0 Å². The van der Waals surface area contributed by atoms with Crippen molar-refractivity contribution in [1.82, 2.24) is 0 Å². The molecule has 0 N–H and O–H groups in total. The Kier molecular flexibility index (Phi) is 6.64. The SMILES string of the molecule is C=CC=CCC=C(C)C1=CCCCCCC1. The third kappa shape index (κ3) is 5.16. The van der Waals surface area contributed by atoms with Crippen LogP contribution in [0.15, 0.2) is 48.1 Å². The Hall–Kier alpha value is -1.04. The molecule has 0 radical (unpaired) electrons. The van der Waals surface area contributed by atoms with E-state index in [0.29, 0.717) is 0 Å². The number of hydrogen-bond acceptors (Lipinski definition) is 0. The van der Waals surface area contributed by atoms with E-state index in [-0.39, 0.29) is 0 Å². The Morgan fingerprint density at radius 1 is 1.31 bits per heavy atom. The molecular weight excluding hydrogens is 192 g/mol. The zero-order valence-corrected chi connectivity index (χ0v) is 10.5. The molecule has 1 aliphatic rings. The standard InChI is InChI=1S/C16H24/c1-3-4-5-9-12-15(2)16-13-10-7-6-8-11-14-16/h3-5,12-13H,1,6-11,14H2,2H3. The summed E-state index contributed by atoms with van der Waals surface area (Å²) in [4.78, 5) is 0. The molecule has 0 heteroatoms. The van der Waals surface area contributed by atoms with E-state index in [2.05, 4.69) is 31.7 Å². The lowest BCUT2D eigenvalue weighted by Gasteiger charge is -2.11. The first-order valence-corrected chi connectivity index (χ1v) is 6.48. The van der Waals surface area contributed by atoms with Gasteiger partial charge in [-0.3, -0.25) is 0 Å². The molecule has 0 nitrogen and oxygen atoms in total. The number of allylic oxidation sites excluding steroid dienone is 7. The van der Waals surface area contributed by atoms with Gasteiger partial charge in [0.1, 0.15) is 0 Å². The van der Waals surface area contributed by atoms with Crippen molar-refractivity contribution in [3.05, 3.63) is 48.1 Å². The monoisotopic (exact) mass is 216 g/mol. The van der Waals surface area contributed by atoms with Gasteiger partial charge in [-0.15, -0.1) is 0 Å². The second-order valence-electron chi connectivity index (χ2n) is 4.47. The van der Waals surface area contributed by atoms with Crippen LogP contribution in [-0.2, 0) is 0 Å². The summed E-state index contributed by atoms with van der Waals surface area (Å²) < 4.78 is 0. The highest BCUT2D eigenvalue weighted by Gasteiger charge is 2.02. The molecular formula is C16H24. The lowest BCUT2D eigenvalue weighted by molar-refractivity contribution is 0.627. The molecule has 0 aromatic carbocycles. The van der Waals surface area contributed by atoms with Gasteiger partial charge in [-0.05, 0) is 44.6 Å². The summed E-state index contributed by atoms with van der Waals surface area (Å²) in [5, 5.41) is 0. The third-order valence-electron chi connectivity index (χ3n) is 3.13. The summed E-state index contributed by atoms with van der Waals surface area (Å²) in [7, 11) is 0. The Morgan fingerprint density at radius 2 is 2.12 bits per heavy atom. The predicted octanol–water partition coefficient (Wildman–Crippen LogP) is 5.35. The smallest absolute Gasteiger partial charge is 0.0160 e. The number of rotatable bonds is 4. The van der Waals surface area contributed by atoms with E-state index in [0.717, 1.165) is 6.42 Å². The lowest BCUT2D eigenvalue weighted by Crippen LogP contribution is -1.91. The summed E-state index contributed by atoms with van der Waals surface area (Å²) in [6, 6.07) is 0. The van der Waals surface area contributed by atoms with Crippen LogP contribution in [0.2, 0.25) is 0 Å². The van der Waals surface area contributed by atoms with Gasteiger partial charge in [-0.1, -0.05) is 55.4 Å². The number of hydrogen-bond donors (Lipinski definition) is 0. The van der Waals surface area contributed by atoms with Crippen molar-refractivity contribution in [2.24, 2.45) is 0 Å². The topological polar surface area (TPSA) is 0 Å². The highest BCUT2D eigenvalue weighted by Crippen LogP contribution is 2.22. The molecule has 0 bridgehead atoms. The summed E-state index contributed by atoms with van der Waals surface area (Å²) in [6.45, 7) is 5.92. The van der Waals surface area contributed by atoms with Gasteiger partial charge in [-0.25, -0.2) is 0 Å². The van der Waals surface area contributed by atoms with Gasteiger partial charge in [0.15, 0.2) is 0 Å². The van der Waals surface area contributed by atoms with Crippen LogP contribution in [0.25, 0.3) is 0 Å². The van der Waals surface area contributed by atoms with Crippen LogP contribution >= 0.6 is 0 Å². The third-order valence-corrected chi connectivity index (χ3v) is 3.13. The summed E-state index contributed by atoms with van der Waals surface area (Å²) in [5.41, 5.74) is 3.04. The normalized spacial score (nSPS) is 19.1. The zero-order chi connectivity index (χ0) is 11.6.